The SMILES string of the molecule is O=C1N[C@@H](Cc2ccccc2)C(=O)N1C[C@H](O)COCc1ccc(Cl)cc1. The average Bonchev–Trinajstić information content (AvgIpc) is 2.92. The van der Waals surface area contributed by atoms with Crippen molar-refractivity contribution >= 4 is 23.5 Å². The molecule has 2 atom stereocenters. The maximum Gasteiger partial charge on any atom is 0.324 e. The first-order valence-corrected chi connectivity index (χ1v) is 9.07. The first kappa shape index (κ1) is 19.4. The van der Waals surface area contributed by atoms with E-state index in [-0.39, 0.29) is 19.1 Å². The molecule has 27 heavy (non-hydrogen) atoms. The van der Waals surface area contributed by atoms with Crippen LogP contribution in [-0.2, 0) is 22.6 Å². The van der Waals surface area contributed by atoms with Crippen molar-refractivity contribution < 1.29 is 19.4 Å². The molecule has 1 aliphatic rings. The van der Waals surface area contributed by atoms with Crippen molar-refractivity contribution in [3.8, 4) is 0 Å². The van der Waals surface area contributed by atoms with Crippen LogP contribution in [0.1, 0.15) is 11.1 Å². The standard InChI is InChI=1S/C20H21ClN2O4/c21-16-8-6-15(7-9-16)12-27-13-17(24)11-23-19(25)18(22-20(23)26)10-14-4-2-1-3-5-14/h1-9,17-18,24H,10-13H2,(H,22,26)/t17-,18-/m0/s1. The van der Waals surface area contributed by atoms with Crippen LogP contribution in [0.2, 0.25) is 5.02 Å². The third-order valence-electron chi connectivity index (χ3n) is 4.28. The lowest BCUT2D eigenvalue weighted by atomic mass is 10.1. The highest BCUT2D eigenvalue weighted by Crippen LogP contribution is 2.13. The second-order valence-electron chi connectivity index (χ2n) is 6.44. The number of β-amino-alcohol motifs (C(OH)–C–C–N with tert-alkyl or cyclic N) is 1. The third-order valence-corrected chi connectivity index (χ3v) is 4.53. The van der Waals surface area contributed by atoms with E-state index in [9.17, 15) is 14.7 Å². The van der Waals surface area contributed by atoms with Crippen molar-refractivity contribution in [3.63, 3.8) is 0 Å². The number of nitrogens with zero attached hydrogens (tertiary/aromatic N) is 1. The number of amides is 3. The molecule has 1 aliphatic heterocycles. The van der Waals surface area contributed by atoms with Gasteiger partial charge >= 0.3 is 6.03 Å². The number of aliphatic hydroxyl groups is 1. The summed E-state index contributed by atoms with van der Waals surface area (Å²) in [7, 11) is 0. The lowest BCUT2D eigenvalue weighted by Gasteiger charge is -2.18. The highest BCUT2D eigenvalue weighted by molar-refractivity contribution is 6.30. The molecule has 0 spiro atoms. The molecular weight excluding hydrogens is 368 g/mol. The molecular formula is C20H21ClN2O4. The lowest BCUT2D eigenvalue weighted by Crippen LogP contribution is -2.39. The minimum absolute atomic E-state index is 0.0169. The predicted octanol–water partition coefficient (Wildman–Crippen LogP) is 2.38. The monoisotopic (exact) mass is 388 g/mol. The van der Waals surface area contributed by atoms with Crippen molar-refractivity contribution in [2.24, 2.45) is 0 Å². The van der Waals surface area contributed by atoms with Crippen LogP contribution in [-0.4, -0.2) is 47.2 Å². The van der Waals surface area contributed by atoms with Crippen molar-refractivity contribution in [3.05, 3.63) is 70.7 Å². The zero-order valence-electron chi connectivity index (χ0n) is 14.7. The summed E-state index contributed by atoms with van der Waals surface area (Å²) in [5.74, 6) is -0.333. The van der Waals surface area contributed by atoms with E-state index in [1.54, 1.807) is 12.1 Å². The molecule has 0 saturated carbocycles. The number of ether oxygens (including phenoxy) is 1. The van der Waals surface area contributed by atoms with Crippen LogP contribution >= 0.6 is 11.6 Å². The molecule has 0 radical (unpaired) electrons. The summed E-state index contributed by atoms with van der Waals surface area (Å²) in [4.78, 5) is 25.6. The minimum Gasteiger partial charge on any atom is -0.389 e. The average molecular weight is 389 g/mol. The number of halogens is 1. The molecule has 6 nitrogen and oxygen atoms in total. The Balaban J connectivity index is 1.47. The first-order chi connectivity index (χ1) is 13.0. The molecule has 0 unspecified atom stereocenters. The van der Waals surface area contributed by atoms with Crippen LogP contribution in [0.5, 0.6) is 0 Å². The number of rotatable bonds is 8. The predicted molar refractivity (Wildman–Crippen MR) is 101 cm³/mol. The molecule has 1 heterocycles. The van der Waals surface area contributed by atoms with Crippen molar-refractivity contribution in [2.75, 3.05) is 13.2 Å². The van der Waals surface area contributed by atoms with E-state index in [1.807, 2.05) is 42.5 Å². The number of benzene rings is 2. The van der Waals surface area contributed by atoms with E-state index in [2.05, 4.69) is 5.32 Å². The molecule has 2 N–H and O–H groups in total. The van der Waals surface area contributed by atoms with Gasteiger partial charge in [0.2, 0.25) is 0 Å². The maximum absolute atomic E-state index is 12.5. The molecule has 7 heteroatoms. The summed E-state index contributed by atoms with van der Waals surface area (Å²) < 4.78 is 5.46. The molecule has 1 saturated heterocycles. The van der Waals surface area contributed by atoms with E-state index in [0.717, 1.165) is 16.0 Å². The van der Waals surface area contributed by atoms with Gasteiger partial charge in [0.25, 0.3) is 5.91 Å². The van der Waals surface area contributed by atoms with Gasteiger partial charge in [0.1, 0.15) is 6.04 Å². The zero-order valence-corrected chi connectivity index (χ0v) is 15.4. The summed E-state index contributed by atoms with van der Waals surface area (Å²) in [6.07, 6.45) is -0.534. The number of carbonyl (C=O) groups excluding carboxylic acids is 2. The van der Waals surface area contributed by atoms with Crippen LogP contribution < -0.4 is 5.32 Å². The van der Waals surface area contributed by atoms with Crippen LogP contribution in [0.25, 0.3) is 0 Å². The number of carbonyl (C=O) groups is 2. The maximum atomic E-state index is 12.5. The fraction of sp³-hybridized carbons (Fsp3) is 0.300. The summed E-state index contributed by atoms with van der Waals surface area (Å²) in [5, 5.41) is 13.4. The number of aliphatic hydroxyl groups excluding tert-OH is 1. The molecule has 142 valence electrons. The van der Waals surface area contributed by atoms with Crippen molar-refractivity contribution in [1.82, 2.24) is 10.2 Å². The van der Waals surface area contributed by atoms with Gasteiger partial charge in [-0.05, 0) is 23.3 Å². The zero-order chi connectivity index (χ0) is 19.2. The van der Waals surface area contributed by atoms with Crippen molar-refractivity contribution in [2.45, 2.75) is 25.2 Å². The Morgan fingerprint density at radius 3 is 2.48 bits per heavy atom. The number of urea groups is 1. The molecule has 2 aromatic carbocycles. The second-order valence-corrected chi connectivity index (χ2v) is 6.87. The Hall–Kier alpha value is -2.41. The summed E-state index contributed by atoms with van der Waals surface area (Å²) in [5.41, 5.74) is 1.88. The van der Waals surface area contributed by atoms with E-state index in [0.29, 0.717) is 18.1 Å². The van der Waals surface area contributed by atoms with Gasteiger partial charge in [-0.25, -0.2) is 4.79 Å². The van der Waals surface area contributed by atoms with Crippen LogP contribution in [0, 0.1) is 0 Å². The highest BCUT2D eigenvalue weighted by Gasteiger charge is 2.38. The van der Waals surface area contributed by atoms with Gasteiger partial charge in [-0.2, -0.15) is 0 Å². The Morgan fingerprint density at radius 2 is 1.78 bits per heavy atom. The number of hydrogen-bond acceptors (Lipinski definition) is 4. The van der Waals surface area contributed by atoms with Gasteiger partial charge in [0.15, 0.2) is 0 Å². The van der Waals surface area contributed by atoms with Gasteiger partial charge < -0.3 is 15.2 Å². The summed E-state index contributed by atoms with van der Waals surface area (Å²) in [6.45, 7) is 0.227. The van der Waals surface area contributed by atoms with Crippen molar-refractivity contribution in [1.29, 1.82) is 0 Å². The number of hydrogen-bond donors (Lipinski definition) is 2. The lowest BCUT2D eigenvalue weighted by molar-refractivity contribution is -0.128. The van der Waals surface area contributed by atoms with Crippen LogP contribution in [0.4, 0.5) is 4.79 Å². The number of nitrogens with one attached hydrogen (secondary N) is 1. The summed E-state index contributed by atoms with van der Waals surface area (Å²) in [6, 6.07) is 15.6. The first-order valence-electron chi connectivity index (χ1n) is 8.69. The Labute approximate surface area is 162 Å². The van der Waals surface area contributed by atoms with E-state index >= 15 is 0 Å². The quantitative estimate of drug-likeness (QED) is 0.680. The van der Waals surface area contributed by atoms with E-state index < -0.39 is 18.2 Å². The van der Waals surface area contributed by atoms with Gasteiger partial charge in [0.05, 0.1) is 25.9 Å². The fourth-order valence-corrected chi connectivity index (χ4v) is 3.02. The molecule has 0 aromatic heterocycles. The minimum atomic E-state index is -0.956. The molecule has 1 fully saturated rings. The topological polar surface area (TPSA) is 78.9 Å². The van der Waals surface area contributed by atoms with Crippen LogP contribution in [0.3, 0.4) is 0 Å². The molecule has 0 aliphatic carbocycles. The largest absolute Gasteiger partial charge is 0.389 e. The third kappa shape index (κ3) is 5.29. The van der Waals surface area contributed by atoms with Gasteiger partial charge in [-0.3, -0.25) is 9.69 Å². The Morgan fingerprint density at radius 1 is 1.07 bits per heavy atom. The van der Waals surface area contributed by atoms with Gasteiger partial charge in [-0.1, -0.05) is 54.1 Å². The molecule has 0 bridgehead atoms. The normalized spacial score (nSPS) is 17.9. The highest BCUT2D eigenvalue weighted by atomic mass is 35.5. The van der Waals surface area contributed by atoms with E-state index in [4.69, 9.17) is 16.3 Å². The van der Waals surface area contributed by atoms with E-state index in [1.165, 1.54) is 0 Å². The molecule has 2 aromatic rings. The fourth-order valence-electron chi connectivity index (χ4n) is 2.89. The molecule has 3 amide bonds. The van der Waals surface area contributed by atoms with Gasteiger partial charge in [-0.15, -0.1) is 0 Å². The second kappa shape index (κ2) is 8.99. The summed E-state index contributed by atoms with van der Waals surface area (Å²) >= 11 is 5.83. The molecule has 3 rings (SSSR count). The Bertz CT molecular complexity index is 782. The van der Waals surface area contributed by atoms with Crippen LogP contribution in [0.15, 0.2) is 54.6 Å². The number of imide groups is 1. The smallest absolute Gasteiger partial charge is 0.324 e. The Kier molecular flexibility index (Phi) is 6.45. The van der Waals surface area contributed by atoms with Gasteiger partial charge in [0, 0.05) is 11.4 Å².